The van der Waals surface area contributed by atoms with Gasteiger partial charge in [-0.05, 0) is 25.7 Å². The highest BCUT2D eigenvalue weighted by atomic mass is 15.1. The van der Waals surface area contributed by atoms with Gasteiger partial charge in [0.25, 0.3) is 0 Å². The molecule has 94 valence electrons. The minimum Gasteiger partial charge on any atom is -0.368 e. The number of hydrogen-bond acceptors (Lipinski definition) is 4. The summed E-state index contributed by atoms with van der Waals surface area (Å²) in [5.74, 6) is 2.09. The van der Waals surface area contributed by atoms with E-state index in [0.717, 1.165) is 17.4 Å². The maximum atomic E-state index is 5.66. The summed E-state index contributed by atoms with van der Waals surface area (Å²) in [4.78, 5) is 8.32. The van der Waals surface area contributed by atoms with Gasteiger partial charge in [0.2, 0.25) is 5.95 Å². The van der Waals surface area contributed by atoms with Crippen LogP contribution < -0.4 is 11.1 Å². The van der Waals surface area contributed by atoms with E-state index < -0.39 is 0 Å². The molecule has 4 nitrogen and oxygen atoms in total. The number of hydrogen-bond donors (Lipinski definition) is 2. The third kappa shape index (κ3) is 3.32. The molecule has 1 heterocycles. The first-order valence-corrected chi connectivity index (χ1v) is 6.55. The SMILES string of the molecule is CCC1CCCC(Nc2cc(C)nc(N)n2)C1. The molecule has 3 N–H and O–H groups in total. The predicted molar refractivity (Wildman–Crippen MR) is 70.8 cm³/mol. The number of aromatic nitrogens is 2. The van der Waals surface area contributed by atoms with Gasteiger partial charge in [-0.3, -0.25) is 0 Å². The van der Waals surface area contributed by atoms with Crippen molar-refractivity contribution in [1.82, 2.24) is 9.97 Å². The quantitative estimate of drug-likeness (QED) is 0.844. The first kappa shape index (κ1) is 12.1. The van der Waals surface area contributed by atoms with Crippen LogP contribution in [0.4, 0.5) is 11.8 Å². The molecule has 0 aliphatic heterocycles. The summed E-state index contributed by atoms with van der Waals surface area (Å²) in [6.07, 6.45) is 6.46. The van der Waals surface area contributed by atoms with Gasteiger partial charge >= 0.3 is 0 Å². The van der Waals surface area contributed by atoms with Crippen LogP contribution >= 0.6 is 0 Å². The van der Waals surface area contributed by atoms with Gasteiger partial charge < -0.3 is 11.1 Å². The van der Waals surface area contributed by atoms with Crippen LogP contribution in [-0.2, 0) is 0 Å². The normalized spacial score (nSPS) is 24.6. The molecule has 2 rings (SSSR count). The Hall–Kier alpha value is -1.32. The van der Waals surface area contributed by atoms with Crippen LogP contribution in [-0.4, -0.2) is 16.0 Å². The Balaban J connectivity index is 2.00. The summed E-state index contributed by atoms with van der Waals surface area (Å²) < 4.78 is 0. The molecule has 0 bridgehead atoms. The average molecular weight is 234 g/mol. The molecule has 0 radical (unpaired) electrons. The molecule has 1 fully saturated rings. The Bertz CT molecular complexity index is 357. The first-order chi connectivity index (χ1) is 8.17. The van der Waals surface area contributed by atoms with E-state index in [1.165, 1.54) is 32.1 Å². The molecule has 2 unspecified atom stereocenters. The van der Waals surface area contributed by atoms with Gasteiger partial charge in [0.1, 0.15) is 5.82 Å². The summed E-state index contributed by atoms with van der Waals surface area (Å²) in [6, 6.07) is 2.51. The summed E-state index contributed by atoms with van der Waals surface area (Å²) in [6.45, 7) is 4.22. The van der Waals surface area contributed by atoms with Crippen molar-refractivity contribution in [2.75, 3.05) is 11.1 Å². The molecule has 0 spiro atoms. The average Bonchev–Trinajstić information content (AvgIpc) is 2.28. The monoisotopic (exact) mass is 234 g/mol. The molecule has 1 saturated carbocycles. The molecule has 1 aliphatic rings. The molecule has 0 aromatic carbocycles. The molecule has 1 aromatic heterocycles. The van der Waals surface area contributed by atoms with Crippen molar-refractivity contribution in [3.05, 3.63) is 11.8 Å². The van der Waals surface area contributed by atoms with Gasteiger partial charge in [-0.2, -0.15) is 4.98 Å². The zero-order valence-corrected chi connectivity index (χ0v) is 10.7. The zero-order valence-electron chi connectivity index (χ0n) is 10.7. The van der Waals surface area contributed by atoms with Crippen molar-refractivity contribution < 1.29 is 0 Å². The highest BCUT2D eigenvalue weighted by Gasteiger charge is 2.20. The molecule has 1 aromatic rings. The van der Waals surface area contributed by atoms with E-state index in [4.69, 9.17) is 5.73 Å². The zero-order chi connectivity index (χ0) is 12.3. The maximum absolute atomic E-state index is 5.66. The fourth-order valence-corrected chi connectivity index (χ4v) is 2.67. The van der Waals surface area contributed by atoms with Crippen molar-refractivity contribution in [3.8, 4) is 0 Å². The Kier molecular flexibility index (Phi) is 3.82. The summed E-state index contributed by atoms with van der Waals surface area (Å²) in [5.41, 5.74) is 6.58. The van der Waals surface area contributed by atoms with Crippen LogP contribution in [0.5, 0.6) is 0 Å². The number of nitrogen functional groups attached to an aromatic ring is 1. The number of nitrogens with two attached hydrogens (primary N) is 1. The number of nitrogens with zero attached hydrogens (tertiary/aromatic N) is 2. The summed E-state index contributed by atoms with van der Waals surface area (Å²) in [5, 5.41) is 3.50. The van der Waals surface area contributed by atoms with E-state index in [0.29, 0.717) is 12.0 Å². The fraction of sp³-hybridized carbons (Fsp3) is 0.692. The second kappa shape index (κ2) is 5.34. The van der Waals surface area contributed by atoms with Gasteiger partial charge in [-0.25, -0.2) is 4.98 Å². The third-order valence-corrected chi connectivity index (χ3v) is 3.58. The van der Waals surface area contributed by atoms with Crippen LogP contribution in [0.3, 0.4) is 0 Å². The van der Waals surface area contributed by atoms with E-state index in [-0.39, 0.29) is 0 Å². The van der Waals surface area contributed by atoms with Crippen molar-refractivity contribution >= 4 is 11.8 Å². The lowest BCUT2D eigenvalue weighted by Crippen LogP contribution is -2.27. The molecule has 17 heavy (non-hydrogen) atoms. The van der Waals surface area contributed by atoms with E-state index in [9.17, 15) is 0 Å². The number of nitrogens with one attached hydrogen (secondary N) is 1. The Morgan fingerprint density at radius 3 is 2.94 bits per heavy atom. The molecule has 4 heteroatoms. The van der Waals surface area contributed by atoms with E-state index >= 15 is 0 Å². The fourth-order valence-electron chi connectivity index (χ4n) is 2.67. The topological polar surface area (TPSA) is 63.8 Å². The lowest BCUT2D eigenvalue weighted by molar-refractivity contribution is 0.327. The molecule has 2 atom stereocenters. The van der Waals surface area contributed by atoms with Crippen LogP contribution in [0.25, 0.3) is 0 Å². The molecule has 0 saturated heterocycles. The Labute approximate surface area is 103 Å². The van der Waals surface area contributed by atoms with Crippen LogP contribution in [0.1, 0.15) is 44.7 Å². The number of anilines is 2. The largest absolute Gasteiger partial charge is 0.368 e. The lowest BCUT2D eigenvalue weighted by Gasteiger charge is -2.29. The first-order valence-electron chi connectivity index (χ1n) is 6.55. The van der Waals surface area contributed by atoms with Gasteiger partial charge in [0, 0.05) is 17.8 Å². The molecular weight excluding hydrogens is 212 g/mol. The second-order valence-electron chi connectivity index (χ2n) is 5.03. The van der Waals surface area contributed by atoms with Gasteiger partial charge in [-0.15, -0.1) is 0 Å². The third-order valence-electron chi connectivity index (χ3n) is 3.58. The van der Waals surface area contributed by atoms with Crippen molar-refractivity contribution in [3.63, 3.8) is 0 Å². The Morgan fingerprint density at radius 2 is 2.24 bits per heavy atom. The number of aryl methyl sites for hydroxylation is 1. The minimum absolute atomic E-state index is 0.357. The van der Waals surface area contributed by atoms with Crippen molar-refractivity contribution in [2.45, 2.75) is 52.0 Å². The van der Waals surface area contributed by atoms with Crippen LogP contribution in [0.15, 0.2) is 6.07 Å². The van der Waals surface area contributed by atoms with E-state index in [1.54, 1.807) is 0 Å². The number of rotatable bonds is 3. The molecule has 0 amide bonds. The smallest absolute Gasteiger partial charge is 0.222 e. The van der Waals surface area contributed by atoms with Crippen molar-refractivity contribution in [1.29, 1.82) is 0 Å². The second-order valence-corrected chi connectivity index (χ2v) is 5.03. The highest BCUT2D eigenvalue weighted by molar-refractivity contribution is 5.41. The van der Waals surface area contributed by atoms with E-state index in [2.05, 4.69) is 22.2 Å². The van der Waals surface area contributed by atoms with E-state index in [1.807, 2.05) is 13.0 Å². The highest BCUT2D eigenvalue weighted by Crippen LogP contribution is 2.28. The van der Waals surface area contributed by atoms with Crippen molar-refractivity contribution in [2.24, 2.45) is 5.92 Å². The van der Waals surface area contributed by atoms with Crippen LogP contribution in [0.2, 0.25) is 0 Å². The van der Waals surface area contributed by atoms with Gasteiger partial charge in [0.05, 0.1) is 0 Å². The Morgan fingerprint density at radius 1 is 1.41 bits per heavy atom. The summed E-state index contributed by atoms with van der Waals surface area (Å²) >= 11 is 0. The lowest BCUT2D eigenvalue weighted by atomic mass is 9.84. The van der Waals surface area contributed by atoms with Gasteiger partial charge in [-0.1, -0.05) is 26.2 Å². The predicted octanol–water partition coefficient (Wildman–Crippen LogP) is 2.75. The van der Waals surface area contributed by atoms with Crippen LogP contribution in [0, 0.1) is 12.8 Å². The van der Waals surface area contributed by atoms with Gasteiger partial charge in [0.15, 0.2) is 0 Å². The minimum atomic E-state index is 0.357. The summed E-state index contributed by atoms with van der Waals surface area (Å²) in [7, 11) is 0. The molecule has 1 aliphatic carbocycles. The molecular formula is C13H22N4. The maximum Gasteiger partial charge on any atom is 0.222 e. The standard InChI is InChI=1S/C13H22N4/c1-3-10-5-4-6-11(8-10)16-12-7-9(2)15-13(14)17-12/h7,10-11H,3-6,8H2,1-2H3,(H3,14,15,16,17).